The normalized spacial score (nSPS) is 16.2. The van der Waals surface area contributed by atoms with E-state index >= 15 is 0 Å². The smallest absolute Gasteiger partial charge is 0.192 e. The van der Waals surface area contributed by atoms with Gasteiger partial charge in [-0.25, -0.2) is 0 Å². The summed E-state index contributed by atoms with van der Waals surface area (Å²) in [5, 5.41) is 10.5. The van der Waals surface area contributed by atoms with Gasteiger partial charge in [-0.1, -0.05) is 34.6 Å². The maximum atomic E-state index is 10.4. The maximum absolute atomic E-state index is 10.4. The predicted octanol–water partition coefficient (Wildman–Crippen LogP) is 4.58. The molecule has 18 heavy (non-hydrogen) atoms. The zero-order valence-corrected chi connectivity index (χ0v) is 14.9. The number of aliphatic hydroxyl groups is 1. The lowest BCUT2D eigenvalue weighted by molar-refractivity contribution is -0.0433. The van der Waals surface area contributed by atoms with Crippen LogP contribution < -0.4 is 0 Å². The molecule has 1 atom stereocenters. The van der Waals surface area contributed by atoms with Crippen LogP contribution in [0.5, 0.6) is 0 Å². The largest absolute Gasteiger partial charge is 0.409 e. The number of hydrogen-bond donors (Lipinski definition) is 1. The van der Waals surface area contributed by atoms with Crippen molar-refractivity contribution in [3.8, 4) is 0 Å². The lowest BCUT2D eigenvalue weighted by Gasteiger charge is -2.44. The van der Waals surface area contributed by atoms with Crippen molar-refractivity contribution in [1.82, 2.24) is 0 Å². The highest BCUT2D eigenvalue weighted by molar-refractivity contribution is 6.74. The average molecular weight is 275 g/mol. The molecule has 0 fully saturated rings. The topological polar surface area (TPSA) is 29.5 Å². The molecule has 0 radical (unpaired) electrons. The van der Waals surface area contributed by atoms with Crippen molar-refractivity contribution in [1.29, 1.82) is 0 Å². The molecular formula is C15H34O2Si. The first-order valence-electron chi connectivity index (χ1n) is 7.18. The van der Waals surface area contributed by atoms with Crippen molar-refractivity contribution < 1.29 is 9.53 Å². The molecule has 0 aromatic carbocycles. The molecule has 0 rings (SSSR count). The zero-order valence-electron chi connectivity index (χ0n) is 13.9. The first kappa shape index (κ1) is 18.1. The van der Waals surface area contributed by atoms with Crippen LogP contribution in [0.3, 0.4) is 0 Å². The summed E-state index contributed by atoms with van der Waals surface area (Å²) in [6.07, 6.45) is 1.49. The van der Waals surface area contributed by atoms with Gasteiger partial charge in [-0.3, -0.25) is 0 Å². The van der Waals surface area contributed by atoms with E-state index in [0.717, 1.165) is 12.8 Å². The Morgan fingerprint density at radius 1 is 1.00 bits per heavy atom. The van der Waals surface area contributed by atoms with Crippen LogP contribution >= 0.6 is 0 Å². The Labute approximate surface area is 115 Å². The summed E-state index contributed by atoms with van der Waals surface area (Å²) in [4.78, 5) is 0. The Hall–Kier alpha value is 0.137. The molecule has 0 aromatic heterocycles. The summed E-state index contributed by atoms with van der Waals surface area (Å²) >= 11 is 0. The number of hydrogen-bond acceptors (Lipinski definition) is 2. The van der Waals surface area contributed by atoms with Crippen LogP contribution in [0.4, 0.5) is 0 Å². The first-order valence-corrected chi connectivity index (χ1v) is 10.1. The highest BCUT2D eigenvalue weighted by Gasteiger charge is 2.43. The van der Waals surface area contributed by atoms with E-state index in [1.165, 1.54) is 0 Å². The van der Waals surface area contributed by atoms with Crippen molar-refractivity contribution in [2.75, 3.05) is 0 Å². The lowest BCUT2D eigenvalue weighted by atomic mass is 9.94. The van der Waals surface area contributed by atoms with Crippen LogP contribution in [0, 0.1) is 5.92 Å². The third-order valence-electron chi connectivity index (χ3n) is 4.14. The third-order valence-corrected chi connectivity index (χ3v) is 8.79. The minimum absolute atomic E-state index is 0.183. The Balaban J connectivity index is 4.64. The van der Waals surface area contributed by atoms with E-state index in [1.807, 2.05) is 13.8 Å². The van der Waals surface area contributed by atoms with E-state index in [-0.39, 0.29) is 11.1 Å². The number of rotatable bonds is 6. The predicted molar refractivity (Wildman–Crippen MR) is 82.4 cm³/mol. The quantitative estimate of drug-likeness (QED) is 0.718. The van der Waals surface area contributed by atoms with Crippen molar-refractivity contribution in [2.45, 2.75) is 91.1 Å². The van der Waals surface area contributed by atoms with Crippen molar-refractivity contribution in [3.05, 3.63) is 0 Å². The molecule has 3 heteroatoms. The molecule has 1 N–H and O–H groups in total. The van der Waals surface area contributed by atoms with Gasteiger partial charge in [-0.15, -0.1) is 0 Å². The van der Waals surface area contributed by atoms with Crippen LogP contribution in [0.2, 0.25) is 18.1 Å². The molecule has 0 amide bonds. The fraction of sp³-hybridized carbons (Fsp3) is 1.00. The Morgan fingerprint density at radius 3 is 1.78 bits per heavy atom. The van der Waals surface area contributed by atoms with Crippen LogP contribution in [0.15, 0.2) is 0 Å². The molecule has 2 nitrogen and oxygen atoms in total. The van der Waals surface area contributed by atoms with Gasteiger partial charge in [0.25, 0.3) is 0 Å². The van der Waals surface area contributed by atoms with E-state index in [2.05, 4.69) is 47.7 Å². The molecule has 0 aromatic rings. The van der Waals surface area contributed by atoms with E-state index < -0.39 is 13.9 Å². The highest BCUT2D eigenvalue weighted by atomic mass is 28.4. The fourth-order valence-electron chi connectivity index (χ4n) is 1.72. The van der Waals surface area contributed by atoms with Gasteiger partial charge in [0.1, 0.15) is 0 Å². The van der Waals surface area contributed by atoms with Crippen LogP contribution in [-0.2, 0) is 4.43 Å². The zero-order chi connectivity index (χ0) is 14.8. The van der Waals surface area contributed by atoms with E-state index in [1.54, 1.807) is 0 Å². The lowest BCUT2D eigenvalue weighted by Crippen LogP contribution is -2.52. The van der Waals surface area contributed by atoms with Gasteiger partial charge >= 0.3 is 0 Å². The standard InChI is InChI=1S/C15H34O2Si/c1-12(2)10-11-13(16)15(6,7)17-18(8,9)14(3,4)5/h12-13,16H,10-11H2,1-9H3. The minimum atomic E-state index is -1.82. The van der Waals surface area contributed by atoms with Gasteiger partial charge in [-0.05, 0) is 50.7 Å². The van der Waals surface area contributed by atoms with Gasteiger partial charge < -0.3 is 9.53 Å². The summed E-state index contributed by atoms with van der Waals surface area (Å²) in [6, 6.07) is 0. The summed E-state index contributed by atoms with van der Waals surface area (Å²) in [6.45, 7) is 19.6. The number of aliphatic hydroxyl groups excluding tert-OH is 1. The summed E-state index contributed by atoms with van der Waals surface area (Å²) in [7, 11) is -1.82. The third kappa shape index (κ3) is 5.41. The van der Waals surface area contributed by atoms with E-state index in [4.69, 9.17) is 4.43 Å². The van der Waals surface area contributed by atoms with Gasteiger partial charge in [0.05, 0.1) is 11.7 Å². The van der Waals surface area contributed by atoms with Crippen LogP contribution in [-0.4, -0.2) is 25.1 Å². The highest BCUT2D eigenvalue weighted by Crippen LogP contribution is 2.40. The second-order valence-electron chi connectivity index (χ2n) is 7.95. The summed E-state index contributed by atoms with van der Waals surface area (Å²) in [5.41, 5.74) is -0.447. The molecule has 110 valence electrons. The van der Waals surface area contributed by atoms with Crippen molar-refractivity contribution in [2.24, 2.45) is 5.92 Å². The Kier molecular flexibility index (Phi) is 6.11. The molecule has 0 aliphatic heterocycles. The van der Waals surface area contributed by atoms with Gasteiger partial charge in [-0.2, -0.15) is 0 Å². The molecule has 0 saturated heterocycles. The van der Waals surface area contributed by atoms with E-state index in [0.29, 0.717) is 5.92 Å². The van der Waals surface area contributed by atoms with Crippen LogP contribution in [0.25, 0.3) is 0 Å². The molecule has 0 heterocycles. The summed E-state index contributed by atoms with van der Waals surface area (Å²) in [5.74, 6) is 0.628. The van der Waals surface area contributed by atoms with Gasteiger partial charge in [0, 0.05) is 0 Å². The Morgan fingerprint density at radius 2 is 1.44 bits per heavy atom. The maximum Gasteiger partial charge on any atom is 0.192 e. The average Bonchev–Trinajstić information content (AvgIpc) is 2.10. The molecule has 1 unspecified atom stereocenters. The van der Waals surface area contributed by atoms with Crippen LogP contribution in [0.1, 0.15) is 61.3 Å². The first-order chi connectivity index (χ1) is 7.79. The second-order valence-corrected chi connectivity index (χ2v) is 12.7. The molecular weight excluding hydrogens is 240 g/mol. The van der Waals surface area contributed by atoms with Crippen molar-refractivity contribution >= 4 is 8.32 Å². The van der Waals surface area contributed by atoms with E-state index in [9.17, 15) is 5.11 Å². The fourth-order valence-corrected chi connectivity index (χ4v) is 3.48. The molecule has 0 aliphatic rings. The Bertz CT molecular complexity index is 252. The van der Waals surface area contributed by atoms with Gasteiger partial charge in [0.15, 0.2) is 8.32 Å². The monoisotopic (exact) mass is 274 g/mol. The molecule has 0 aliphatic carbocycles. The molecule has 0 saturated carbocycles. The van der Waals surface area contributed by atoms with Gasteiger partial charge in [0.2, 0.25) is 0 Å². The molecule has 0 spiro atoms. The minimum Gasteiger partial charge on any atom is -0.409 e. The van der Waals surface area contributed by atoms with Crippen molar-refractivity contribution in [3.63, 3.8) is 0 Å². The second kappa shape index (κ2) is 6.06. The molecule has 0 bridgehead atoms. The SMILES string of the molecule is CC(C)CCC(O)C(C)(C)O[Si](C)(C)C(C)(C)C. The summed E-state index contributed by atoms with van der Waals surface area (Å²) < 4.78 is 6.37.